The first-order valence-corrected chi connectivity index (χ1v) is 3.98. The first-order chi connectivity index (χ1) is 7.60. The molecule has 0 spiro atoms. The predicted molar refractivity (Wildman–Crippen MR) is 43.0 cm³/mol. The first-order valence-electron chi connectivity index (χ1n) is 3.98. The molecule has 0 aromatic carbocycles. The van der Waals surface area contributed by atoms with Gasteiger partial charge in [0.2, 0.25) is 5.88 Å². The van der Waals surface area contributed by atoms with E-state index in [9.17, 15) is 26.3 Å². The number of nitrogens with zero attached hydrogens (tertiary/aromatic N) is 2. The Kier molecular flexibility index (Phi) is 3.34. The molecular weight excluding hydrogens is 256 g/mol. The Morgan fingerprint density at radius 1 is 1.06 bits per heavy atom. The van der Waals surface area contributed by atoms with Gasteiger partial charge in [0.1, 0.15) is 12.1 Å². The van der Waals surface area contributed by atoms with E-state index < -0.39 is 24.3 Å². The van der Waals surface area contributed by atoms with Crippen LogP contribution in [0.3, 0.4) is 0 Å². The molecule has 96 valence electrons. The lowest BCUT2D eigenvalue weighted by atomic mass is 10.3. The highest BCUT2D eigenvalue weighted by Gasteiger charge is 2.59. The largest absolute Gasteiger partial charge is 0.455 e. The second-order valence-electron chi connectivity index (χ2n) is 2.86. The minimum atomic E-state index is -5.60. The van der Waals surface area contributed by atoms with Crippen LogP contribution in [0.4, 0.5) is 32.2 Å². The van der Waals surface area contributed by atoms with Gasteiger partial charge in [0.05, 0.1) is 0 Å². The van der Waals surface area contributed by atoms with E-state index in [0.29, 0.717) is 12.4 Å². The van der Waals surface area contributed by atoms with E-state index in [0.717, 1.165) is 0 Å². The van der Waals surface area contributed by atoms with Crippen LogP contribution in [0.1, 0.15) is 0 Å². The minimum absolute atomic E-state index is 0.307. The third-order valence-electron chi connectivity index (χ3n) is 1.50. The van der Waals surface area contributed by atoms with Gasteiger partial charge in [0.15, 0.2) is 0 Å². The summed E-state index contributed by atoms with van der Waals surface area (Å²) in [6.45, 7) is 0. The quantitative estimate of drug-likeness (QED) is 0.826. The lowest BCUT2D eigenvalue weighted by Gasteiger charge is -2.23. The fraction of sp³-hybridized carbons (Fsp3) is 0.429. The van der Waals surface area contributed by atoms with Crippen molar-refractivity contribution in [3.05, 3.63) is 12.4 Å². The second-order valence-corrected chi connectivity index (χ2v) is 2.86. The van der Waals surface area contributed by atoms with Crippen LogP contribution in [-0.4, -0.2) is 28.4 Å². The van der Waals surface area contributed by atoms with Crippen LogP contribution >= 0.6 is 0 Å². The zero-order valence-corrected chi connectivity index (χ0v) is 7.88. The van der Waals surface area contributed by atoms with Crippen molar-refractivity contribution in [1.29, 1.82) is 0 Å². The third-order valence-corrected chi connectivity index (χ3v) is 1.50. The molecule has 0 saturated carbocycles. The number of aromatic nitrogens is 2. The van der Waals surface area contributed by atoms with E-state index in [1.54, 1.807) is 0 Å². The van der Waals surface area contributed by atoms with E-state index in [4.69, 9.17) is 5.73 Å². The van der Waals surface area contributed by atoms with E-state index in [1.165, 1.54) is 0 Å². The Balaban J connectivity index is 2.96. The van der Waals surface area contributed by atoms with Crippen molar-refractivity contribution < 1.29 is 31.1 Å². The molecule has 0 aliphatic rings. The van der Waals surface area contributed by atoms with E-state index in [2.05, 4.69) is 14.7 Å². The number of hydrogen-bond acceptors (Lipinski definition) is 4. The van der Waals surface area contributed by atoms with Crippen LogP contribution in [0.15, 0.2) is 12.4 Å². The molecule has 1 rings (SSSR count). The number of halogens is 6. The molecule has 1 heterocycles. The maximum absolute atomic E-state index is 12.1. The van der Waals surface area contributed by atoms with Crippen molar-refractivity contribution >= 4 is 5.82 Å². The third kappa shape index (κ3) is 3.64. The molecule has 1 aromatic heterocycles. The summed E-state index contributed by atoms with van der Waals surface area (Å²) < 4.78 is 76.2. The van der Waals surface area contributed by atoms with E-state index in [1.807, 2.05) is 0 Å². The van der Waals surface area contributed by atoms with Crippen LogP contribution in [-0.2, 0) is 0 Å². The highest BCUT2D eigenvalue weighted by atomic mass is 19.4. The normalized spacial score (nSPS) is 12.9. The fourth-order valence-electron chi connectivity index (χ4n) is 0.858. The van der Waals surface area contributed by atoms with Gasteiger partial charge in [-0.15, -0.1) is 0 Å². The number of ether oxygens (including phenoxy) is 1. The average Bonchev–Trinajstić information content (AvgIpc) is 2.10. The molecule has 17 heavy (non-hydrogen) atoms. The van der Waals surface area contributed by atoms with E-state index >= 15 is 0 Å². The van der Waals surface area contributed by atoms with Crippen LogP contribution < -0.4 is 10.5 Å². The molecule has 1 aromatic rings. The Hall–Kier alpha value is -1.74. The van der Waals surface area contributed by atoms with Gasteiger partial charge in [0.25, 0.3) is 6.10 Å². The van der Waals surface area contributed by atoms with Gasteiger partial charge in [0, 0.05) is 6.07 Å². The summed E-state index contributed by atoms with van der Waals surface area (Å²) in [5.74, 6) is -1.21. The van der Waals surface area contributed by atoms with Crippen molar-refractivity contribution in [1.82, 2.24) is 9.97 Å². The van der Waals surface area contributed by atoms with Crippen molar-refractivity contribution in [3.8, 4) is 5.88 Å². The molecule has 0 atom stereocenters. The van der Waals surface area contributed by atoms with Crippen molar-refractivity contribution in [3.63, 3.8) is 0 Å². The van der Waals surface area contributed by atoms with Gasteiger partial charge in [-0.1, -0.05) is 0 Å². The number of nitrogen functional groups attached to an aromatic ring is 1. The average molecular weight is 261 g/mol. The molecule has 2 N–H and O–H groups in total. The second kappa shape index (κ2) is 4.26. The molecule has 0 aliphatic carbocycles. The summed E-state index contributed by atoms with van der Waals surface area (Å²) in [7, 11) is 0. The number of alkyl halides is 6. The lowest BCUT2D eigenvalue weighted by molar-refractivity contribution is -0.300. The van der Waals surface area contributed by atoms with Crippen LogP contribution in [0, 0.1) is 0 Å². The Morgan fingerprint density at radius 3 is 2.00 bits per heavy atom. The fourth-order valence-corrected chi connectivity index (χ4v) is 0.858. The van der Waals surface area contributed by atoms with Crippen LogP contribution in [0.5, 0.6) is 5.88 Å². The first kappa shape index (κ1) is 13.3. The number of anilines is 1. The standard InChI is InChI=1S/C7H5F6N3O/c8-6(9,10)5(7(11,12)13)17-4-1-3(14)15-2-16-4/h1-2,5H,(H2,14,15,16). The zero-order valence-electron chi connectivity index (χ0n) is 7.88. The molecule has 10 heteroatoms. The van der Waals surface area contributed by atoms with Gasteiger partial charge in [-0.3, -0.25) is 0 Å². The molecule has 0 fully saturated rings. The summed E-state index contributed by atoms with van der Waals surface area (Å²) in [4.78, 5) is 6.39. The molecule has 0 unspecified atom stereocenters. The van der Waals surface area contributed by atoms with Crippen molar-refractivity contribution in [2.75, 3.05) is 5.73 Å². The number of hydrogen-bond donors (Lipinski definition) is 1. The molecule has 0 saturated heterocycles. The number of rotatable bonds is 2. The summed E-state index contributed by atoms with van der Waals surface area (Å²) in [5.41, 5.74) is 5.06. The van der Waals surface area contributed by atoms with Crippen molar-refractivity contribution in [2.45, 2.75) is 18.5 Å². The zero-order chi connectivity index (χ0) is 13.3. The Labute approximate surface area is 90.4 Å². The molecule has 0 aliphatic heterocycles. The maximum Gasteiger partial charge on any atom is 0.434 e. The van der Waals surface area contributed by atoms with E-state index in [-0.39, 0.29) is 5.82 Å². The summed E-state index contributed by atoms with van der Waals surface area (Å²) in [6.07, 6.45) is -14.5. The predicted octanol–water partition coefficient (Wildman–Crippen LogP) is 1.93. The summed E-state index contributed by atoms with van der Waals surface area (Å²) >= 11 is 0. The van der Waals surface area contributed by atoms with Gasteiger partial charge in [-0.25, -0.2) is 9.97 Å². The molecule has 0 radical (unpaired) electrons. The highest BCUT2D eigenvalue weighted by Crippen LogP contribution is 2.36. The SMILES string of the molecule is Nc1cc(OC(C(F)(F)F)C(F)(F)F)ncn1. The summed E-state index contributed by atoms with van der Waals surface area (Å²) in [6, 6.07) is 0.657. The molecule has 4 nitrogen and oxygen atoms in total. The lowest BCUT2D eigenvalue weighted by Crippen LogP contribution is -2.46. The van der Waals surface area contributed by atoms with Crippen molar-refractivity contribution in [2.24, 2.45) is 0 Å². The monoisotopic (exact) mass is 261 g/mol. The summed E-state index contributed by atoms with van der Waals surface area (Å²) in [5, 5.41) is 0. The van der Waals surface area contributed by atoms with Gasteiger partial charge >= 0.3 is 12.4 Å². The van der Waals surface area contributed by atoms with Crippen LogP contribution in [0.25, 0.3) is 0 Å². The highest BCUT2D eigenvalue weighted by molar-refractivity contribution is 5.31. The topological polar surface area (TPSA) is 61.0 Å². The number of nitrogens with two attached hydrogens (primary N) is 1. The van der Waals surface area contributed by atoms with Gasteiger partial charge < -0.3 is 10.5 Å². The smallest absolute Gasteiger partial charge is 0.434 e. The van der Waals surface area contributed by atoms with Gasteiger partial charge in [-0.2, -0.15) is 26.3 Å². The Morgan fingerprint density at radius 2 is 1.59 bits per heavy atom. The van der Waals surface area contributed by atoms with Gasteiger partial charge in [-0.05, 0) is 0 Å². The minimum Gasteiger partial charge on any atom is -0.455 e. The maximum atomic E-state index is 12.1. The molecule has 0 amide bonds. The molecule has 0 bridgehead atoms. The van der Waals surface area contributed by atoms with Crippen LogP contribution in [0.2, 0.25) is 0 Å². The Bertz CT molecular complexity index is 376. The molecular formula is C7H5F6N3O.